The van der Waals surface area contributed by atoms with E-state index in [0.717, 1.165) is 0 Å². The Bertz CT molecular complexity index is 242. The van der Waals surface area contributed by atoms with Crippen molar-refractivity contribution in [3.8, 4) is 0 Å². The smallest absolute Gasteiger partial charge is 0.311 e. The number of esters is 1. The minimum atomic E-state index is -0.600. The summed E-state index contributed by atoms with van der Waals surface area (Å²) in [4.78, 5) is 11.7. The van der Waals surface area contributed by atoms with Crippen molar-refractivity contribution in [1.82, 2.24) is 0 Å². The molecule has 0 spiro atoms. The number of aliphatic hydroxyl groups is 1. The minimum Gasteiger partial charge on any atom is -0.469 e. The van der Waals surface area contributed by atoms with Crippen molar-refractivity contribution in [2.75, 3.05) is 7.11 Å². The van der Waals surface area contributed by atoms with Crippen molar-refractivity contribution in [2.24, 2.45) is 16.7 Å². The highest BCUT2D eigenvalue weighted by Gasteiger charge is 2.45. The fourth-order valence-electron chi connectivity index (χ4n) is 1.55. The van der Waals surface area contributed by atoms with Gasteiger partial charge in [-0.2, -0.15) is 0 Å². The molecule has 0 aromatic heterocycles. The van der Waals surface area contributed by atoms with Crippen LogP contribution in [0.15, 0.2) is 0 Å². The summed E-state index contributed by atoms with van der Waals surface area (Å²) >= 11 is 0. The molecule has 0 aliphatic rings. The predicted octanol–water partition coefficient (Wildman–Crippen LogP) is 2.62. The van der Waals surface area contributed by atoms with E-state index in [2.05, 4.69) is 0 Å². The Morgan fingerprint density at radius 3 is 2.00 bits per heavy atom. The van der Waals surface area contributed by atoms with Crippen LogP contribution in [0, 0.1) is 16.7 Å². The molecular formula is C13H26O3. The summed E-state index contributed by atoms with van der Waals surface area (Å²) in [5.74, 6) is -0.0267. The maximum absolute atomic E-state index is 11.7. The van der Waals surface area contributed by atoms with Gasteiger partial charge in [0, 0.05) is 0 Å². The molecule has 1 unspecified atom stereocenters. The normalized spacial score (nSPS) is 15.1. The second-order valence-electron chi connectivity index (χ2n) is 6.02. The lowest BCUT2D eigenvalue weighted by molar-refractivity contribution is -0.159. The SMILES string of the molecule is COC(=O)C(C)(C)C(C)(C)CC(O)C(C)C. The van der Waals surface area contributed by atoms with Crippen LogP contribution in [0.1, 0.15) is 48.0 Å². The number of rotatable bonds is 5. The molecule has 0 saturated heterocycles. The molecular weight excluding hydrogens is 204 g/mol. The summed E-state index contributed by atoms with van der Waals surface area (Å²) in [5.41, 5.74) is -0.901. The first-order valence-electron chi connectivity index (χ1n) is 5.82. The molecule has 1 atom stereocenters. The van der Waals surface area contributed by atoms with Crippen LogP contribution >= 0.6 is 0 Å². The summed E-state index contributed by atoms with van der Waals surface area (Å²) in [7, 11) is 1.40. The number of hydrogen-bond donors (Lipinski definition) is 1. The Morgan fingerprint density at radius 1 is 1.25 bits per heavy atom. The van der Waals surface area contributed by atoms with Crippen LogP contribution in [-0.2, 0) is 9.53 Å². The molecule has 0 fully saturated rings. The van der Waals surface area contributed by atoms with Gasteiger partial charge in [-0.15, -0.1) is 0 Å². The molecule has 16 heavy (non-hydrogen) atoms. The number of aliphatic hydroxyl groups excluding tert-OH is 1. The number of carbonyl (C=O) groups excluding carboxylic acids is 1. The van der Waals surface area contributed by atoms with E-state index in [4.69, 9.17) is 4.74 Å². The van der Waals surface area contributed by atoms with E-state index in [1.54, 1.807) is 0 Å². The molecule has 3 heteroatoms. The number of hydrogen-bond acceptors (Lipinski definition) is 3. The molecule has 0 aromatic rings. The minimum absolute atomic E-state index is 0.202. The maximum Gasteiger partial charge on any atom is 0.311 e. The number of ether oxygens (including phenoxy) is 1. The van der Waals surface area contributed by atoms with Crippen molar-refractivity contribution >= 4 is 5.97 Å². The quantitative estimate of drug-likeness (QED) is 0.738. The molecule has 0 amide bonds. The lowest BCUT2D eigenvalue weighted by Gasteiger charge is -2.41. The van der Waals surface area contributed by atoms with E-state index in [-0.39, 0.29) is 23.4 Å². The molecule has 0 bridgehead atoms. The zero-order chi connectivity index (χ0) is 13.1. The van der Waals surface area contributed by atoms with Crippen LogP contribution in [-0.4, -0.2) is 24.3 Å². The molecule has 0 heterocycles. The second kappa shape index (κ2) is 5.17. The van der Waals surface area contributed by atoms with Crippen molar-refractivity contribution in [3.63, 3.8) is 0 Å². The number of methoxy groups -OCH3 is 1. The third-order valence-corrected chi connectivity index (χ3v) is 3.88. The molecule has 0 aliphatic carbocycles. The summed E-state index contributed by atoms with van der Waals surface area (Å²) in [5, 5.41) is 9.93. The van der Waals surface area contributed by atoms with Crippen LogP contribution in [0.4, 0.5) is 0 Å². The summed E-state index contributed by atoms with van der Waals surface area (Å²) in [6.45, 7) is 11.7. The van der Waals surface area contributed by atoms with Gasteiger partial charge in [-0.1, -0.05) is 27.7 Å². The van der Waals surface area contributed by atoms with Crippen molar-refractivity contribution in [2.45, 2.75) is 54.1 Å². The predicted molar refractivity (Wildman–Crippen MR) is 65.0 cm³/mol. The molecule has 0 rings (SSSR count). The Morgan fingerprint density at radius 2 is 1.69 bits per heavy atom. The van der Waals surface area contributed by atoms with Crippen LogP contribution in [0.5, 0.6) is 0 Å². The average molecular weight is 230 g/mol. The van der Waals surface area contributed by atoms with E-state index in [9.17, 15) is 9.90 Å². The highest BCUT2D eigenvalue weighted by Crippen LogP contribution is 2.43. The first kappa shape index (κ1) is 15.4. The monoisotopic (exact) mass is 230 g/mol. The fourth-order valence-corrected chi connectivity index (χ4v) is 1.55. The van der Waals surface area contributed by atoms with Gasteiger partial charge in [0.25, 0.3) is 0 Å². The third kappa shape index (κ3) is 3.21. The molecule has 0 saturated carbocycles. The summed E-state index contributed by atoms with van der Waals surface area (Å²) in [6.07, 6.45) is 0.200. The van der Waals surface area contributed by atoms with Crippen molar-refractivity contribution in [1.29, 1.82) is 0 Å². The van der Waals surface area contributed by atoms with Crippen LogP contribution in [0.25, 0.3) is 0 Å². The molecule has 96 valence electrons. The molecule has 3 nitrogen and oxygen atoms in total. The van der Waals surface area contributed by atoms with Crippen molar-refractivity contribution in [3.05, 3.63) is 0 Å². The van der Waals surface area contributed by atoms with Gasteiger partial charge in [-0.25, -0.2) is 0 Å². The average Bonchev–Trinajstić information content (AvgIpc) is 2.15. The highest BCUT2D eigenvalue weighted by molar-refractivity contribution is 5.76. The molecule has 1 N–H and O–H groups in total. The van der Waals surface area contributed by atoms with Crippen LogP contribution in [0.2, 0.25) is 0 Å². The Labute approximate surface area is 99.2 Å². The number of carbonyl (C=O) groups is 1. The molecule has 0 aromatic carbocycles. The Balaban J connectivity index is 4.83. The van der Waals surface area contributed by atoms with Gasteiger partial charge in [0.05, 0.1) is 18.6 Å². The van der Waals surface area contributed by atoms with E-state index in [1.165, 1.54) is 7.11 Å². The largest absolute Gasteiger partial charge is 0.469 e. The van der Waals surface area contributed by atoms with Gasteiger partial charge in [-0.05, 0) is 31.6 Å². The van der Waals surface area contributed by atoms with Gasteiger partial charge in [0.2, 0.25) is 0 Å². The van der Waals surface area contributed by atoms with E-state index in [1.807, 2.05) is 41.5 Å². The van der Waals surface area contributed by atoms with Crippen LogP contribution < -0.4 is 0 Å². The zero-order valence-corrected chi connectivity index (χ0v) is 11.6. The second-order valence-corrected chi connectivity index (χ2v) is 6.02. The fraction of sp³-hybridized carbons (Fsp3) is 0.923. The van der Waals surface area contributed by atoms with E-state index >= 15 is 0 Å². The highest BCUT2D eigenvalue weighted by atomic mass is 16.5. The standard InChI is InChI=1S/C13H26O3/c1-9(2)10(14)8-12(3,4)13(5,6)11(15)16-7/h9-10,14H,8H2,1-7H3. The van der Waals surface area contributed by atoms with Gasteiger partial charge < -0.3 is 9.84 Å². The van der Waals surface area contributed by atoms with Crippen LogP contribution in [0.3, 0.4) is 0 Å². The topological polar surface area (TPSA) is 46.5 Å². The van der Waals surface area contributed by atoms with E-state index < -0.39 is 5.41 Å². The molecule has 0 radical (unpaired) electrons. The van der Waals surface area contributed by atoms with Gasteiger partial charge in [0.1, 0.15) is 0 Å². The summed E-state index contributed by atoms with van der Waals surface area (Å²) < 4.78 is 4.82. The lowest BCUT2D eigenvalue weighted by atomic mass is 9.64. The van der Waals surface area contributed by atoms with Crippen molar-refractivity contribution < 1.29 is 14.6 Å². The third-order valence-electron chi connectivity index (χ3n) is 3.88. The van der Waals surface area contributed by atoms with Gasteiger partial charge in [-0.3, -0.25) is 4.79 Å². The first-order valence-corrected chi connectivity index (χ1v) is 5.82. The van der Waals surface area contributed by atoms with Gasteiger partial charge in [0.15, 0.2) is 0 Å². The zero-order valence-electron chi connectivity index (χ0n) is 11.6. The lowest BCUT2D eigenvalue weighted by Crippen LogP contribution is -2.43. The molecule has 0 aliphatic heterocycles. The first-order chi connectivity index (χ1) is 7.06. The summed E-state index contributed by atoms with van der Waals surface area (Å²) in [6, 6.07) is 0. The maximum atomic E-state index is 11.7. The van der Waals surface area contributed by atoms with Gasteiger partial charge >= 0.3 is 5.97 Å². The van der Waals surface area contributed by atoms with E-state index in [0.29, 0.717) is 6.42 Å². The Kier molecular flexibility index (Phi) is 4.99. The Hall–Kier alpha value is -0.570.